The number of aliphatic hydroxyl groups is 1. The van der Waals surface area contributed by atoms with Gasteiger partial charge in [0.1, 0.15) is 0 Å². The van der Waals surface area contributed by atoms with E-state index in [2.05, 4.69) is 5.32 Å². The number of rotatable bonds is 8. The van der Waals surface area contributed by atoms with Crippen molar-refractivity contribution in [2.45, 2.75) is 44.9 Å². The topological polar surface area (TPSA) is 84.9 Å². The van der Waals surface area contributed by atoms with Crippen LogP contribution in [0.1, 0.15) is 55.4 Å². The molecular formula is C27H28F3NO5. The van der Waals surface area contributed by atoms with Crippen LogP contribution in [0.4, 0.5) is 13.2 Å². The molecule has 0 bridgehead atoms. The predicted octanol–water partition coefficient (Wildman–Crippen LogP) is 5.17. The molecule has 0 aliphatic carbocycles. The Morgan fingerprint density at radius 2 is 1.75 bits per heavy atom. The number of dihydropyridines is 1. The van der Waals surface area contributed by atoms with Crippen LogP contribution >= 0.6 is 0 Å². The van der Waals surface area contributed by atoms with Crippen LogP contribution in [0.2, 0.25) is 0 Å². The van der Waals surface area contributed by atoms with E-state index in [1.165, 1.54) is 12.1 Å². The molecule has 0 saturated carbocycles. The van der Waals surface area contributed by atoms with E-state index in [0.717, 1.165) is 19.2 Å². The van der Waals surface area contributed by atoms with E-state index in [1.807, 2.05) is 6.07 Å². The molecule has 192 valence electrons. The number of aliphatic hydroxyl groups excluding tert-OH is 1. The molecule has 9 heteroatoms. The van der Waals surface area contributed by atoms with Crippen LogP contribution in [0.25, 0.3) is 0 Å². The van der Waals surface area contributed by atoms with E-state index in [4.69, 9.17) is 9.47 Å². The summed E-state index contributed by atoms with van der Waals surface area (Å²) in [4.78, 5) is 25.9. The van der Waals surface area contributed by atoms with Gasteiger partial charge in [0.15, 0.2) is 0 Å². The van der Waals surface area contributed by atoms with E-state index in [1.54, 1.807) is 38.1 Å². The minimum absolute atomic E-state index is 0.00226. The van der Waals surface area contributed by atoms with Gasteiger partial charge in [0.2, 0.25) is 0 Å². The van der Waals surface area contributed by atoms with Crippen molar-refractivity contribution in [1.82, 2.24) is 5.32 Å². The highest BCUT2D eigenvalue weighted by molar-refractivity contribution is 5.99. The molecule has 2 N–H and O–H groups in total. The zero-order chi connectivity index (χ0) is 26.5. The molecule has 1 aliphatic rings. The largest absolute Gasteiger partial charge is 0.466 e. The summed E-state index contributed by atoms with van der Waals surface area (Å²) in [6.07, 6.45) is -5.08. The van der Waals surface area contributed by atoms with Crippen molar-refractivity contribution in [2.24, 2.45) is 0 Å². The van der Waals surface area contributed by atoms with Crippen LogP contribution in [0.3, 0.4) is 0 Å². The lowest BCUT2D eigenvalue weighted by Crippen LogP contribution is -2.33. The maximum Gasteiger partial charge on any atom is 0.416 e. The molecule has 2 atom stereocenters. The molecule has 2 unspecified atom stereocenters. The molecule has 1 aliphatic heterocycles. The van der Waals surface area contributed by atoms with Gasteiger partial charge in [-0.05, 0) is 43.9 Å². The van der Waals surface area contributed by atoms with Crippen molar-refractivity contribution in [3.63, 3.8) is 0 Å². The molecule has 3 rings (SSSR count). The van der Waals surface area contributed by atoms with Crippen LogP contribution in [0.5, 0.6) is 0 Å². The lowest BCUT2D eigenvalue weighted by molar-refractivity contribution is -0.139. The minimum Gasteiger partial charge on any atom is -0.466 e. The average molecular weight is 504 g/mol. The second-order valence-corrected chi connectivity index (χ2v) is 8.29. The molecule has 0 amide bonds. The van der Waals surface area contributed by atoms with E-state index >= 15 is 0 Å². The smallest absolute Gasteiger partial charge is 0.416 e. The fourth-order valence-electron chi connectivity index (χ4n) is 4.27. The number of halogens is 3. The number of ether oxygens (including phenoxy) is 2. The first-order chi connectivity index (χ1) is 17.1. The third-order valence-electron chi connectivity index (χ3n) is 5.94. The van der Waals surface area contributed by atoms with Crippen LogP contribution in [0.15, 0.2) is 77.1 Å². The molecule has 6 nitrogen and oxygen atoms in total. The second-order valence-electron chi connectivity index (χ2n) is 8.29. The minimum atomic E-state index is -4.62. The van der Waals surface area contributed by atoms with E-state index < -0.39 is 35.7 Å². The molecule has 0 fully saturated rings. The highest BCUT2D eigenvalue weighted by Gasteiger charge is 2.40. The number of benzene rings is 2. The predicted molar refractivity (Wildman–Crippen MR) is 126 cm³/mol. The summed E-state index contributed by atoms with van der Waals surface area (Å²) >= 11 is 0. The summed E-state index contributed by atoms with van der Waals surface area (Å²) in [5, 5.41) is 13.7. The number of esters is 2. The zero-order valence-corrected chi connectivity index (χ0v) is 20.2. The van der Waals surface area contributed by atoms with Gasteiger partial charge in [-0.25, -0.2) is 9.59 Å². The number of hydrogen-bond acceptors (Lipinski definition) is 6. The normalized spacial score (nSPS) is 16.9. The summed E-state index contributed by atoms with van der Waals surface area (Å²) in [6.45, 7) is 3.21. The van der Waals surface area contributed by atoms with Crippen molar-refractivity contribution in [3.8, 4) is 0 Å². The Morgan fingerprint density at radius 3 is 2.36 bits per heavy atom. The lowest BCUT2D eigenvalue weighted by atomic mass is 9.79. The van der Waals surface area contributed by atoms with Gasteiger partial charge < -0.3 is 19.9 Å². The van der Waals surface area contributed by atoms with Gasteiger partial charge in [0.05, 0.1) is 42.4 Å². The molecule has 36 heavy (non-hydrogen) atoms. The third kappa shape index (κ3) is 5.96. The fourth-order valence-corrected chi connectivity index (χ4v) is 4.27. The van der Waals surface area contributed by atoms with Crippen LogP contribution in [0, 0.1) is 0 Å². The Bertz CT molecular complexity index is 1170. The molecule has 2 aromatic carbocycles. The standard InChI is InChI=1S/C27H28F3NO5/c1-4-36-26(34)24-20(13-14-21(32)17-9-6-5-7-10-17)31-16(2)22(25(33)35-3)23(24)18-11-8-12-19(15-18)27(28,29)30/h5-12,15,21,23,31-32H,4,13-14H2,1-3H3. The Morgan fingerprint density at radius 1 is 1.06 bits per heavy atom. The summed E-state index contributed by atoms with van der Waals surface area (Å²) < 4.78 is 50.7. The van der Waals surface area contributed by atoms with Gasteiger partial charge in [0.25, 0.3) is 0 Å². The SMILES string of the molecule is CCOC(=O)C1=C(CCC(O)c2ccccc2)NC(C)=C(C(=O)OC)C1c1cccc(C(F)(F)F)c1. The van der Waals surface area contributed by atoms with Gasteiger partial charge in [-0.1, -0.05) is 48.5 Å². The molecule has 0 radical (unpaired) electrons. The van der Waals surface area contributed by atoms with Crippen molar-refractivity contribution in [1.29, 1.82) is 0 Å². The fraction of sp³-hybridized carbons (Fsp3) is 0.333. The number of carbonyl (C=O) groups is 2. The van der Waals surface area contributed by atoms with Gasteiger partial charge in [-0.2, -0.15) is 13.2 Å². The molecule has 0 spiro atoms. The van der Waals surface area contributed by atoms with Crippen molar-refractivity contribution in [2.75, 3.05) is 13.7 Å². The zero-order valence-electron chi connectivity index (χ0n) is 20.2. The first-order valence-corrected chi connectivity index (χ1v) is 11.4. The second kappa shape index (κ2) is 11.4. The van der Waals surface area contributed by atoms with Crippen LogP contribution in [-0.2, 0) is 25.2 Å². The first-order valence-electron chi connectivity index (χ1n) is 11.4. The molecular weight excluding hydrogens is 475 g/mol. The van der Waals surface area contributed by atoms with Crippen molar-refractivity contribution >= 4 is 11.9 Å². The quantitative estimate of drug-likeness (QED) is 0.484. The summed E-state index contributed by atoms with van der Waals surface area (Å²) in [6, 6.07) is 13.4. The van der Waals surface area contributed by atoms with Crippen molar-refractivity contribution < 1.29 is 37.3 Å². The highest BCUT2D eigenvalue weighted by Crippen LogP contribution is 2.42. The Balaban J connectivity index is 2.13. The Hall–Kier alpha value is -3.59. The van der Waals surface area contributed by atoms with Crippen LogP contribution < -0.4 is 5.32 Å². The number of methoxy groups -OCH3 is 1. The monoisotopic (exact) mass is 503 g/mol. The third-order valence-corrected chi connectivity index (χ3v) is 5.94. The first kappa shape index (κ1) is 27.0. The highest BCUT2D eigenvalue weighted by atomic mass is 19.4. The van der Waals surface area contributed by atoms with E-state index in [9.17, 15) is 27.9 Å². The molecule has 1 heterocycles. The molecule has 2 aromatic rings. The molecule has 0 aromatic heterocycles. The summed E-state index contributed by atoms with van der Waals surface area (Å²) in [7, 11) is 1.16. The Labute approximate surface area is 207 Å². The summed E-state index contributed by atoms with van der Waals surface area (Å²) in [5.41, 5.74) is 0.565. The van der Waals surface area contributed by atoms with E-state index in [-0.39, 0.29) is 36.2 Å². The maximum atomic E-state index is 13.5. The Kier molecular flexibility index (Phi) is 8.57. The maximum absolute atomic E-state index is 13.5. The van der Waals surface area contributed by atoms with Gasteiger partial charge in [-0.3, -0.25) is 0 Å². The number of alkyl halides is 3. The summed E-state index contributed by atoms with van der Waals surface area (Å²) in [5.74, 6) is -2.72. The van der Waals surface area contributed by atoms with Gasteiger partial charge in [-0.15, -0.1) is 0 Å². The number of hydrogen-bond donors (Lipinski definition) is 2. The lowest BCUT2D eigenvalue weighted by Gasteiger charge is -2.32. The van der Waals surface area contributed by atoms with Crippen LogP contribution in [-0.4, -0.2) is 30.8 Å². The van der Waals surface area contributed by atoms with Crippen molar-refractivity contribution in [3.05, 3.63) is 93.8 Å². The number of allylic oxidation sites excluding steroid dienone is 2. The van der Waals surface area contributed by atoms with Gasteiger partial charge >= 0.3 is 18.1 Å². The number of nitrogens with one attached hydrogen (secondary N) is 1. The van der Waals surface area contributed by atoms with E-state index in [0.29, 0.717) is 17.0 Å². The number of carbonyl (C=O) groups excluding carboxylic acids is 2. The van der Waals surface area contributed by atoms with Gasteiger partial charge in [0, 0.05) is 11.4 Å². The average Bonchev–Trinajstić information content (AvgIpc) is 2.86. The molecule has 0 saturated heterocycles.